The predicted octanol–water partition coefficient (Wildman–Crippen LogP) is 1.16. The predicted molar refractivity (Wildman–Crippen MR) is 60.4 cm³/mol. The zero-order valence-electron chi connectivity index (χ0n) is 10.3. The van der Waals surface area contributed by atoms with Gasteiger partial charge in [-0.25, -0.2) is 0 Å². The van der Waals surface area contributed by atoms with Gasteiger partial charge in [-0.2, -0.15) is 0 Å². The SMILES string of the molecule is CCNC(C)CC(=O)N(C(C)=O)C(C)C. The third-order valence-electron chi connectivity index (χ3n) is 2.16. The van der Waals surface area contributed by atoms with Crippen LogP contribution in [0.2, 0.25) is 0 Å². The first-order valence-electron chi connectivity index (χ1n) is 5.46. The summed E-state index contributed by atoms with van der Waals surface area (Å²) < 4.78 is 0. The highest BCUT2D eigenvalue weighted by molar-refractivity contribution is 5.94. The van der Waals surface area contributed by atoms with Crippen molar-refractivity contribution in [2.24, 2.45) is 0 Å². The molecule has 0 aromatic rings. The molecule has 0 bridgehead atoms. The van der Waals surface area contributed by atoms with Crippen LogP contribution < -0.4 is 5.32 Å². The Kier molecular flexibility index (Phi) is 6.17. The molecule has 1 atom stereocenters. The van der Waals surface area contributed by atoms with Gasteiger partial charge in [0, 0.05) is 25.4 Å². The van der Waals surface area contributed by atoms with E-state index < -0.39 is 0 Å². The average Bonchev–Trinajstić information content (AvgIpc) is 2.01. The summed E-state index contributed by atoms with van der Waals surface area (Å²) in [7, 11) is 0. The van der Waals surface area contributed by atoms with Crippen molar-refractivity contribution in [1.29, 1.82) is 0 Å². The highest BCUT2D eigenvalue weighted by Crippen LogP contribution is 2.04. The molecule has 0 spiro atoms. The molecule has 4 nitrogen and oxygen atoms in total. The molecule has 0 aliphatic heterocycles. The number of amides is 2. The largest absolute Gasteiger partial charge is 0.314 e. The lowest BCUT2D eigenvalue weighted by Crippen LogP contribution is -2.43. The van der Waals surface area contributed by atoms with Gasteiger partial charge in [-0.15, -0.1) is 0 Å². The summed E-state index contributed by atoms with van der Waals surface area (Å²) >= 11 is 0. The molecular formula is C11H22N2O2. The Morgan fingerprint density at radius 1 is 1.27 bits per heavy atom. The van der Waals surface area contributed by atoms with E-state index in [1.165, 1.54) is 11.8 Å². The molecular weight excluding hydrogens is 192 g/mol. The normalized spacial score (nSPS) is 12.7. The maximum absolute atomic E-state index is 11.8. The molecule has 0 aromatic carbocycles. The van der Waals surface area contributed by atoms with E-state index in [9.17, 15) is 9.59 Å². The number of nitrogens with one attached hydrogen (secondary N) is 1. The van der Waals surface area contributed by atoms with E-state index in [2.05, 4.69) is 5.32 Å². The maximum Gasteiger partial charge on any atom is 0.230 e. The molecule has 0 aromatic heterocycles. The molecule has 0 rings (SSSR count). The van der Waals surface area contributed by atoms with Gasteiger partial charge in [0.05, 0.1) is 0 Å². The Hall–Kier alpha value is -0.900. The van der Waals surface area contributed by atoms with Crippen LogP contribution in [0.5, 0.6) is 0 Å². The second-order valence-corrected chi connectivity index (χ2v) is 4.04. The molecule has 0 aliphatic carbocycles. The minimum Gasteiger partial charge on any atom is -0.314 e. The summed E-state index contributed by atoms with van der Waals surface area (Å²) in [5, 5.41) is 3.15. The van der Waals surface area contributed by atoms with Crippen LogP contribution in [-0.2, 0) is 9.59 Å². The summed E-state index contributed by atoms with van der Waals surface area (Å²) in [6, 6.07) is 0.0481. The number of imide groups is 1. The average molecular weight is 214 g/mol. The number of carbonyl (C=O) groups is 2. The number of nitrogens with zero attached hydrogens (tertiary/aromatic N) is 1. The van der Waals surface area contributed by atoms with E-state index in [1.807, 2.05) is 27.7 Å². The van der Waals surface area contributed by atoms with Gasteiger partial charge in [0.25, 0.3) is 0 Å². The molecule has 0 fully saturated rings. The zero-order chi connectivity index (χ0) is 12.0. The molecule has 0 aliphatic rings. The van der Waals surface area contributed by atoms with Crippen LogP contribution in [0.1, 0.15) is 41.0 Å². The van der Waals surface area contributed by atoms with Gasteiger partial charge in [-0.05, 0) is 27.3 Å². The van der Waals surface area contributed by atoms with Crippen LogP contribution >= 0.6 is 0 Å². The van der Waals surface area contributed by atoms with E-state index in [1.54, 1.807) is 0 Å². The minimum atomic E-state index is -0.182. The fourth-order valence-corrected chi connectivity index (χ4v) is 1.61. The van der Waals surface area contributed by atoms with E-state index >= 15 is 0 Å². The maximum atomic E-state index is 11.8. The molecule has 0 radical (unpaired) electrons. The third-order valence-corrected chi connectivity index (χ3v) is 2.16. The summed E-state index contributed by atoms with van der Waals surface area (Å²) in [6.45, 7) is 9.88. The van der Waals surface area contributed by atoms with Crippen LogP contribution in [-0.4, -0.2) is 35.3 Å². The van der Waals surface area contributed by atoms with E-state index in [4.69, 9.17) is 0 Å². The summed E-state index contributed by atoms with van der Waals surface area (Å²) in [6.07, 6.45) is 0.367. The molecule has 0 heterocycles. The second-order valence-electron chi connectivity index (χ2n) is 4.04. The fourth-order valence-electron chi connectivity index (χ4n) is 1.61. The van der Waals surface area contributed by atoms with Crippen molar-refractivity contribution >= 4 is 11.8 Å². The number of carbonyl (C=O) groups excluding carboxylic acids is 2. The molecule has 0 saturated heterocycles. The monoisotopic (exact) mass is 214 g/mol. The Morgan fingerprint density at radius 2 is 1.80 bits per heavy atom. The van der Waals surface area contributed by atoms with Crippen molar-refractivity contribution in [2.75, 3.05) is 6.54 Å². The first-order chi connectivity index (χ1) is 6.90. The Morgan fingerprint density at radius 3 is 2.13 bits per heavy atom. The molecule has 4 heteroatoms. The molecule has 0 saturated carbocycles. The fraction of sp³-hybridized carbons (Fsp3) is 0.818. The lowest BCUT2D eigenvalue weighted by Gasteiger charge is -2.24. The van der Waals surface area contributed by atoms with Gasteiger partial charge in [-0.1, -0.05) is 6.92 Å². The van der Waals surface area contributed by atoms with Gasteiger partial charge in [0.2, 0.25) is 11.8 Å². The lowest BCUT2D eigenvalue weighted by atomic mass is 10.2. The van der Waals surface area contributed by atoms with Crippen LogP contribution in [0.4, 0.5) is 0 Å². The zero-order valence-corrected chi connectivity index (χ0v) is 10.3. The quantitative estimate of drug-likeness (QED) is 0.747. The molecule has 88 valence electrons. The van der Waals surface area contributed by atoms with Gasteiger partial charge < -0.3 is 5.32 Å². The molecule has 1 unspecified atom stereocenters. The first-order valence-corrected chi connectivity index (χ1v) is 5.46. The first kappa shape index (κ1) is 14.1. The Balaban J connectivity index is 4.33. The van der Waals surface area contributed by atoms with E-state index in [-0.39, 0.29) is 23.9 Å². The van der Waals surface area contributed by atoms with Gasteiger partial charge in [0.1, 0.15) is 0 Å². The summed E-state index contributed by atoms with van der Waals surface area (Å²) in [5.74, 6) is -0.287. The standard InChI is InChI=1S/C11H22N2O2/c1-6-12-9(4)7-11(15)13(8(2)3)10(5)14/h8-9,12H,6-7H2,1-5H3. The topological polar surface area (TPSA) is 49.4 Å². The van der Waals surface area contributed by atoms with Gasteiger partial charge >= 0.3 is 0 Å². The van der Waals surface area contributed by atoms with Gasteiger partial charge in [0.15, 0.2) is 0 Å². The number of hydrogen-bond donors (Lipinski definition) is 1. The third kappa shape index (κ3) is 4.93. The second kappa shape index (κ2) is 6.56. The van der Waals surface area contributed by atoms with Crippen molar-refractivity contribution in [2.45, 2.75) is 53.1 Å². The van der Waals surface area contributed by atoms with E-state index in [0.717, 1.165) is 6.54 Å². The highest BCUT2D eigenvalue weighted by atomic mass is 16.2. The number of rotatable bonds is 5. The molecule has 15 heavy (non-hydrogen) atoms. The highest BCUT2D eigenvalue weighted by Gasteiger charge is 2.22. The van der Waals surface area contributed by atoms with Crippen molar-refractivity contribution in [3.05, 3.63) is 0 Å². The molecule has 1 N–H and O–H groups in total. The molecule has 2 amide bonds. The number of hydrogen-bond acceptors (Lipinski definition) is 3. The smallest absolute Gasteiger partial charge is 0.230 e. The minimum absolute atomic E-state index is 0.0659. The van der Waals surface area contributed by atoms with Crippen molar-refractivity contribution in [3.8, 4) is 0 Å². The Labute approximate surface area is 92.0 Å². The van der Waals surface area contributed by atoms with Crippen molar-refractivity contribution in [3.63, 3.8) is 0 Å². The van der Waals surface area contributed by atoms with Gasteiger partial charge in [-0.3, -0.25) is 14.5 Å². The van der Waals surface area contributed by atoms with Crippen molar-refractivity contribution in [1.82, 2.24) is 10.2 Å². The van der Waals surface area contributed by atoms with Crippen molar-refractivity contribution < 1.29 is 9.59 Å². The lowest BCUT2D eigenvalue weighted by molar-refractivity contribution is -0.145. The van der Waals surface area contributed by atoms with Crippen LogP contribution in [0.3, 0.4) is 0 Å². The van der Waals surface area contributed by atoms with E-state index in [0.29, 0.717) is 6.42 Å². The summed E-state index contributed by atoms with van der Waals surface area (Å²) in [5.41, 5.74) is 0. The van der Waals surface area contributed by atoms with Crippen LogP contribution in [0.25, 0.3) is 0 Å². The summed E-state index contributed by atoms with van der Waals surface area (Å²) in [4.78, 5) is 24.3. The van der Waals surface area contributed by atoms with Crippen LogP contribution in [0.15, 0.2) is 0 Å². The van der Waals surface area contributed by atoms with Crippen LogP contribution in [0, 0.1) is 0 Å². The Bertz CT molecular complexity index is 227.